The van der Waals surface area contributed by atoms with Gasteiger partial charge >= 0.3 is 12.1 Å². The molecule has 13 heteroatoms. The number of methoxy groups -OCH3 is 1. The number of nitrogens with one attached hydrogen (secondary N) is 3. The predicted molar refractivity (Wildman–Crippen MR) is 245 cm³/mol. The van der Waals surface area contributed by atoms with Crippen molar-refractivity contribution in [3.8, 4) is 11.3 Å². The molecule has 5 amide bonds. The first kappa shape index (κ1) is 48.2. The second-order valence-corrected chi connectivity index (χ2v) is 19.8. The van der Waals surface area contributed by atoms with Crippen molar-refractivity contribution in [3.63, 3.8) is 0 Å². The van der Waals surface area contributed by atoms with Crippen molar-refractivity contribution in [2.45, 2.75) is 124 Å². The minimum atomic E-state index is -1.15. The molecule has 0 spiro atoms. The van der Waals surface area contributed by atoms with Crippen LogP contribution in [0.4, 0.5) is 9.59 Å². The first-order chi connectivity index (χ1) is 29.6. The fourth-order valence-electron chi connectivity index (χ4n) is 8.00. The van der Waals surface area contributed by atoms with E-state index in [0.717, 1.165) is 33.8 Å². The van der Waals surface area contributed by atoms with Crippen molar-refractivity contribution < 1.29 is 29.0 Å². The van der Waals surface area contributed by atoms with Gasteiger partial charge in [0.05, 0.1) is 37.2 Å². The number of benzene rings is 2. The monoisotopic (exact) mass is 862 g/mol. The van der Waals surface area contributed by atoms with Gasteiger partial charge in [-0.3, -0.25) is 19.6 Å². The number of urea groups is 1. The molecule has 4 aromatic rings. The van der Waals surface area contributed by atoms with Crippen LogP contribution in [0.3, 0.4) is 0 Å². The summed E-state index contributed by atoms with van der Waals surface area (Å²) in [6, 6.07) is 25.5. The summed E-state index contributed by atoms with van der Waals surface area (Å²) in [5.74, 6) is -0.824. The first-order valence-corrected chi connectivity index (χ1v) is 21.8. The molecule has 1 aliphatic heterocycles. The summed E-state index contributed by atoms with van der Waals surface area (Å²) < 4.78 is 4.85. The Labute approximate surface area is 373 Å². The summed E-state index contributed by atoms with van der Waals surface area (Å²) >= 11 is 0. The van der Waals surface area contributed by atoms with Crippen molar-refractivity contribution in [3.05, 3.63) is 120 Å². The number of ether oxygens (including phenoxy) is 1. The zero-order chi connectivity index (χ0) is 46.1. The van der Waals surface area contributed by atoms with Gasteiger partial charge in [0.25, 0.3) is 0 Å². The van der Waals surface area contributed by atoms with E-state index in [1.165, 1.54) is 7.11 Å². The fourth-order valence-corrected chi connectivity index (χ4v) is 8.00. The molecule has 1 saturated heterocycles. The summed E-state index contributed by atoms with van der Waals surface area (Å²) in [6.45, 7) is 18.7. The van der Waals surface area contributed by atoms with Crippen molar-refractivity contribution >= 4 is 23.9 Å². The number of hydrogen-bond donors (Lipinski definition) is 4. The van der Waals surface area contributed by atoms with Crippen LogP contribution < -0.4 is 16.0 Å². The minimum Gasteiger partial charge on any atom is -0.453 e. The zero-order valence-corrected chi connectivity index (χ0v) is 38.6. The summed E-state index contributed by atoms with van der Waals surface area (Å²) in [4.78, 5) is 68.0. The number of pyridine rings is 2. The molecule has 63 heavy (non-hydrogen) atoms. The Morgan fingerprint density at radius 1 is 0.746 bits per heavy atom. The molecule has 0 bridgehead atoms. The topological polar surface area (TPSA) is 166 Å². The molecular formula is C50H67N7O6. The minimum absolute atomic E-state index is 0.0534. The lowest BCUT2D eigenvalue weighted by Crippen LogP contribution is -2.59. The Morgan fingerprint density at radius 2 is 1.41 bits per heavy atom. The summed E-state index contributed by atoms with van der Waals surface area (Å²) in [6.07, 6.45) is 0.523. The van der Waals surface area contributed by atoms with Gasteiger partial charge in [0.1, 0.15) is 12.1 Å². The maximum atomic E-state index is 14.7. The maximum absolute atomic E-state index is 14.7. The number of nitrogens with zero attached hydrogens (tertiary/aromatic N) is 4. The molecule has 338 valence electrons. The Hall–Kier alpha value is -5.82. The summed E-state index contributed by atoms with van der Waals surface area (Å²) in [5, 5.41) is 21.3. The number of aromatic nitrogens is 2. The standard InChI is InChI=1S/C50H67N7O6/c1-48(2,3)41-21-16-19-36(52-41)32-56-27-28-57(47(56)62)43(50(7,8)9)45(60)54-39(30-33-17-12-11-13-18-33)40(58)31-37(53-44(59)42(49(4,5)6)55-46(61)63-10)29-34-22-24-35(25-23-34)38-20-14-15-26-51-38/h11-26,37,39-40,42-43,58H,27-32H2,1-10H3,(H,53,59)(H,54,60)(H,55,61)/t37-,39+,40+,42?,43?/m1/s1. The third-order valence-corrected chi connectivity index (χ3v) is 11.4. The van der Waals surface area contributed by atoms with Crippen molar-refractivity contribution in [1.82, 2.24) is 35.7 Å². The van der Waals surface area contributed by atoms with Crippen LogP contribution >= 0.6 is 0 Å². The molecular weight excluding hydrogens is 795 g/mol. The van der Waals surface area contributed by atoms with Gasteiger partial charge in [-0.05, 0) is 65.5 Å². The first-order valence-electron chi connectivity index (χ1n) is 21.8. The second kappa shape index (κ2) is 20.6. The maximum Gasteiger partial charge on any atom is 0.407 e. The Morgan fingerprint density at radius 3 is 2.02 bits per heavy atom. The lowest BCUT2D eigenvalue weighted by molar-refractivity contribution is -0.131. The lowest BCUT2D eigenvalue weighted by atomic mass is 9.84. The molecule has 13 nitrogen and oxygen atoms in total. The van der Waals surface area contributed by atoms with E-state index in [1.807, 2.05) is 133 Å². The van der Waals surface area contributed by atoms with Crippen LogP contribution in [-0.4, -0.2) is 99.3 Å². The second-order valence-electron chi connectivity index (χ2n) is 19.8. The van der Waals surface area contributed by atoms with E-state index in [9.17, 15) is 24.3 Å². The number of hydrogen-bond acceptors (Lipinski definition) is 8. The van der Waals surface area contributed by atoms with Gasteiger partial charge in [-0.2, -0.15) is 0 Å². The normalized spacial score (nSPS) is 15.8. The highest BCUT2D eigenvalue weighted by atomic mass is 16.5. The Bertz CT molecular complexity index is 2150. The van der Waals surface area contributed by atoms with E-state index >= 15 is 0 Å². The summed E-state index contributed by atoms with van der Waals surface area (Å²) in [5.41, 5.74) is 3.75. The van der Waals surface area contributed by atoms with E-state index in [0.29, 0.717) is 26.1 Å². The molecule has 2 unspecified atom stereocenters. The third kappa shape index (κ3) is 13.3. The lowest BCUT2D eigenvalue weighted by Gasteiger charge is -2.38. The van der Waals surface area contributed by atoms with Gasteiger partial charge in [-0.25, -0.2) is 9.59 Å². The highest BCUT2D eigenvalue weighted by Crippen LogP contribution is 2.30. The SMILES string of the molecule is COC(=O)NC(C(=O)N[C@H](Cc1ccc(-c2ccccn2)cc1)C[C@H](O)[C@H](Cc1ccccc1)NC(=O)C(N1CCN(Cc2cccc(C(C)(C)C)n2)C1=O)C(C)(C)C)C(C)(C)C. The third-order valence-electron chi connectivity index (χ3n) is 11.4. The number of carbonyl (C=O) groups is 4. The number of rotatable bonds is 16. The van der Waals surface area contributed by atoms with Gasteiger partial charge in [0, 0.05) is 42.0 Å². The number of carbonyl (C=O) groups excluding carboxylic acids is 4. The number of aliphatic hydroxyl groups excluding tert-OH is 1. The molecule has 4 N–H and O–H groups in total. The van der Waals surface area contributed by atoms with Crippen molar-refractivity contribution in [2.24, 2.45) is 10.8 Å². The molecule has 5 rings (SSSR count). The van der Waals surface area contributed by atoms with Crippen LogP contribution in [0.5, 0.6) is 0 Å². The molecule has 1 fully saturated rings. The number of aliphatic hydroxyl groups is 1. The number of alkyl carbamates (subject to hydrolysis) is 1. The highest BCUT2D eigenvalue weighted by molar-refractivity contribution is 5.89. The molecule has 1 aliphatic rings. The van der Waals surface area contributed by atoms with E-state index in [1.54, 1.807) is 16.0 Å². The van der Waals surface area contributed by atoms with Crippen molar-refractivity contribution in [2.75, 3.05) is 20.2 Å². The molecule has 3 heterocycles. The molecule has 2 aromatic carbocycles. The van der Waals surface area contributed by atoms with Crippen LogP contribution in [0.25, 0.3) is 11.3 Å². The fraction of sp³-hybridized carbons (Fsp3) is 0.480. The van der Waals surface area contributed by atoms with Crippen LogP contribution in [0, 0.1) is 10.8 Å². The van der Waals surface area contributed by atoms with Gasteiger partial charge < -0.3 is 35.6 Å². The van der Waals surface area contributed by atoms with Gasteiger partial charge in [0.2, 0.25) is 11.8 Å². The average Bonchev–Trinajstić information content (AvgIpc) is 3.56. The zero-order valence-electron chi connectivity index (χ0n) is 38.6. The predicted octanol–water partition coefficient (Wildman–Crippen LogP) is 7.07. The molecule has 0 saturated carbocycles. The molecule has 5 atom stereocenters. The summed E-state index contributed by atoms with van der Waals surface area (Å²) in [7, 11) is 1.24. The van der Waals surface area contributed by atoms with Gasteiger partial charge in [0.15, 0.2) is 0 Å². The van der Waals surface area contributed by atoms with Crippen LogP contribution in [0.15, 0.2) is 97.2 Å². The smallest absolute Gasteiger partial charge is 0.407 e. The van der Waals surface area contributed by atoms with Crippen LogP contribution in [0.2, 0.25) is 0 Å². The quantitative estimate of drug-likeness (QED) is 0.0929. The Kier molecular flexibility index (Phi) is 15.7. The van der Waals surface area contributed by atoms with Gasteiger partial charge in [-0.1, -0.05) is 129 Å². The average molecular weight is 862 g/mol. The van der Waals surface area contributed by atoms with E-state index in [2.05, 4.69) is 41.7 Å². The van der Waals surface area contributed by atoms with E-state index in [-0.39, 0.29) is 30.2 Å². The van der Waals surface area contributed by atoms with E-state index in [4.69, 9.17) is 9.72 Å². The largest absolute Gasteiger partial charge is 0.453 e. The molecule has 0 radical (unpaired) electrons. The van der Waals surface area contributed by atoms with Crippen molar-refractivity contribution in [1.29, 1.82) is 0 Å². The molecule has 0 aliphatic carbocycles. The number of amides is 5. The Balaban J connectivity index is 1.41. The molecule has 2 aromatic heterocycles. The van der Waals surface area contributed by atoms with E-state index < -0.39 is 53.1 Å². The van der Waals surface area contributed by atoms with Gasteiger partial charge in [-0.15, -0.1) is 0 Å². The van der Waals surface area contributed by atoms with Crippen LogP contribution in [-0.2, 0) is 39.1 Å². The highest BCUT2D eigenvalue weighted by Gasteiger charge is 2.44. The van der Waals surface area contributed by atoms with Crippen LogP contribution in [0.1, 0.15) is 91.2 Å².